The third-order valence-electron chi connectivity index (χ3n) is 3.70. The lowest BCUT2D eigenvalue weighted by molar-refractivity contribution is -0.144. The van der Waals surface area contributed by atoms with E-state index in [4.69, 9.17) is 14.9 Å². The Hall–Kier alpha value is -3.29. The van der Waals surface area contributed by atoms with Crippen LogP contribution in [0.4, 0.5) is 0 Å². The van der Waals surface area contributed by atoms with Crippen LogP contribution < -0.4 is 0 Å². The van der Waals surface area contributed by atoms with Crippen LogP contribution in [-0.4, -0.2) is 45.3 Å². The van der Waals surface area contributed by atoms with Gasteiger partial charge in [-0.2, -0.15) is 0 Å². The van der Waals surface area contributed by atoms with Crippen LogP contribution in [0.1, 0.15) is 18.9 Å². The maximum Gasteiger partial charge on any atom is 0.335 e. The van der Waals surface area contributed by atoms with Crippen LogP contribution in [0.15, 0.2) is 41.7 Å². The molecule has 8 nitrogen and oxygen atoms in total. The fourth-order valence-corrected chi connectivity index (χ4v) is 2.29. The molecule has 0 amide bonds. The molecule has 1 aromatic rings. The van der Waals surface area contributed by atoms with Crippen LogP contribution in [-0.2, 0) is 25.5 Å². The van der Waals surface area contributed by atoms with E-state index < -0.39 is 29.9 Å². The predicted octanol–water partition coefficient (Wildman–Crippen LogP) is 1.86. The van der Waals surface area contributed by atoms with Crippen molar-refractivity contribution in [2.45, 2.75) is 19.8 Å². The smallest absolute Gasteiger partial charge is 0.335 e. The van der Waals surface area contributed by atoms with Crippen molar-refractivity contribution in [3.05, 3.63) is 47.2 Å². The summed E-state index contributed by atoms with van der Waals surface area (Å²) in [4.78, 5) is 34.3. The van der Waals surface area contributed by atoms with Gasteiger partial charge in [0.15, 0.2) is 11.5 Å². The third-order valence-corrected chi connectivity index (χ3v) is 3.70. The van der Waals surface area contributed by atoms with Gasteiger partial charge >= 0.3 is 11.9 Å². The highest BCUT2D eigenvalue weighted by atomic mass is 16.5. The molecule has 26 heavy (non-hydrogen) atoms. The number of hydrogen-bond donors (Lipinski definition) is 4. The van der Waals surface area contributed by atoms with Crippen molar-refractivity contribution in [2.75, 3.05) is 6.61 Å². The van der Waals surface area contributed by atoms with Gasteiger partial charge in [-0.25, -0.2) is 4.79 Å². The summed E-state index contributed by atoms with van der Waals surface area (Å²) in [6.07, 6.45) is 1.96. The molecular weight excluding hydrogens is 344 g/mol. The van der Waals surface area contributed by atoms with Crippen LogP contribution in [0, 0.1) is 5.92 Å². The second-order valence-electron chi connectivity index (χ2n) is 5.35. The first-order chi connectivity index (χ1) is 12.3. The molecule has 1 aromatic carbocycles. The summed E-state index contributed by atoms with van der Waals surface area (Å²) in [7, 11) is 0. The quantitative estimate of drug-likeness (QED) is 0.171. The summed E-state index contributed by atoms with van der Waals surface area (Å²) in [6.45, 7) is 1.46. The molecule has 0 aliphatic heterocycles. The predicted molar refractivity (Wildman–Crippen MR) is 90.7 cm³/mol. The average Bonchev–Trinajstić information content (AvgIpc) is 2.59. The first kappa shape index (κ1) is 20.8. The van der Waals surface area contributed by atoms with Crippen molar-refractivity contribution in [3.63, 3.8) is 0 Å². The fraction of sp³-hybridized carbons (Fsp3) is 0.278. The van der Waals surface area contributed by atoms with E-state index in [9.17, 15) is 24.6 Å². The van der Waals surface area contributed by atoms with Gasteiger partial charge in [-0.3, -0.25) is 9.59 Å². The number of carbonyl (C=O) groups excluding carboxylic acids is 2. The number of carboxylic acids is 1. The number of aliphatic hydroxyl groups excluding tert-OH is 1. The molecule has 8 heteroatoms. The maximum absolute atomic E-state index is 12.0. The first-order valence-electron chi connectivity index (χ1n) is 7.69. The lowest BCUT2D eigenvalue weighted by Crippen LogP contribution is -2.21. The van der Waals surface area contributed by atoms with Gasteiger partial charge in [0.2, 0.25) is 0 Å². The number of benzene rings is 1. The Morgan fingerprint density at radius 1 is 1.23 bits per heavy atom. The number of hydrogen-bond acceptors (Lipinski definition) is 7. The number of aldehydes is 1. The lowest BCUT2D eigenvalue weighted by Gasteiger charge is -2.16. The Kier molecular flexibility index (Phi) is 7.88. The monoisotopic (exact) mass is 364 g/mol. The molecule has 1 atom stereocenters. The van der Waals surface area contributed by atoms with E-state index in [-0.39, 0.29) is 30.1 Å². The molecule has 0 aromatic heterocycles. The summed E-state index contributed by atoms with van der Waals surface area (Å²) < 4.78 is 5.03. The summed E-state index contributed by atoms with van der Waals surface area (Å²) >= 11 is 0. The highest BCUT2D eigenvalue weighted by molar-refractivity contribution is 5.91. The van der Waals surface area contributed by atoms with Gasteiger partial charge in [0.25, 0.3) is 0 Å². The minimum absolute atomic E-state index is 0.0353. The molecule has 0 spiro atoms. The molecule has 0 bridgehead atoms. The summed E-state index contributed by atoms with van der Waals surface area (Å²) in [5, 5.41) is 36.8. The SMILES string of the molecule is C/C=C(\C=O)C(CC(=O)OCCc1ccc(O)c(O)c1)/C(=C\O)C(=O)O. The highest BCUT2D eigenvalue weighted by Gasteiger charge is 2.27. The van der Waals surface area contributed by atoms with Gasteiger partial charge in [-0.1, -0.05) is 12.1 Å². The van der Waals surface area contributed by atoms with Crippen LogP contribution in [0.2, 0.25) is 0 Å². The Morgan fingerprint density at radius 2 is 1.92 bits per heavy atom. The standard InChI is InChI=1S/C18H20O8/c1-2-12(9-19)13(14(10-20)18(24)25)8-17(23)26-6-5-11-3-4-15(21)16(22)7-11/h2-4,7,9-10,13,20-22H,5-6,8H2,1H3,(H,24,25)/b12-2+,14-10+. The number of ether oxygens (including phenoxy) is 1. The summed E-state index contributed by atoms with van der Waals surface area (Å²) in [5.41, 5.74) is 0.159. The van der Waals surface area contributed by atoms with Crippen molar-refractivity contribution in [2.24, 2.45) is 5.92 Å². The van der Waals surface area contributed by atoms with Gasteiger partial charge in [-0.05, 0) is 30.2 Å². The number of carboxylic acid groups (broad SMARTS) is 1. The molecule has 0 saturated carbocycles. The molecule has 0 saturated heterocycles. The van der Waals surface area contributed by atoms with Crippen LogP contribution >= 0.6 is 0 Å². The molecule has 0 aliphatic carbocycles. The molecule has 1 unspecified atom stereocenters. The Labute approximate surface area is 149 Å². The number of carbonyl (C=O) groups is 3. The highest BCUT2D eigenvalue weighted by Crippen LogP contribution is 2.26. The van der Waals surface area contributed by atoms with E-state index in [1.54, 1.807) is 6.07 Å². The van der Waals surface area contributed by atoms with E-state index in [2.05, 4.69) is 0 Å². The molecular formula is C18H20O8. The fourth-order valence-electron chi connectivity index (χ4n) is 2.29. The van der Waals surface area contributed by atoms with E-state index in [0.717, 1.165) is 0 Å². The average molecular weight is 364 g/mol. The third kappa shape index (κ3) is 5.66. The number of esters is 1. The number of phenols is 2. The normalized spacial score (nSPS) is 13.1. The summed E-state index contributed by atoms with van der Waals surface area (Å²) in [5.74, 6) is -3.90. The van der Waals surface area contributed by atoms with Crippen molar-refractivity contribution < 1.29 is 39.5 Å². The second-order valence-corrected chi connectivity index (χ2v) is 5.35. The molecule has 0 heterocycles. The Morgan fingerprint density at radius 3 is 2.42 bits per heavy atom. The number of allylic oxidation sites excluding steroid dienone is 2. The molecule has 0 fully saturated rings. The van der Waals surface area contributed by atoms with Gasteiger partial charge in [0, 0.05) is 12.3 Å². The van der Waals surface area contributed by atoms with Crippen LogP contribution in [0.5, 0.6) is 11.5 Å². The zero-order chi connectivity index (χ0) is 19.7. The van der Waals surface area contributed by atoms with Gasteiger partial charge in [0.05, 0.1) is 24.9 Å². The molecule has 140 valence electrons. The van der Waals surface area contributed by atoms with E-state index >= 15 is 0 Å². The van der Waals surface area contributed by atoms with Crippen molar-refractivity contribution in [3.8, 4) is 11.5 Å². The topological polar surface area (TPSA) is 141 Å². The molecule has 1 rings (SSSR count). The number of aromatic hydroxyl groups is 2. The number of rotatable bonds is 9. The number of aliphatic hydroxyl groups is 1. The van der Waals surface area contributed by atoms with Crippen LogP contribution in [0.25, 0.3) is 0 Å². The van der Waals surface area contributed by atoms with E-state index in [1.807, 2.05) is 0 Å². The van der Waals surface area contributed by atoms with Crippen molar-refractivity contribution in [1.29, 1.82) is 0 Å². The summed E-state index contributed by atoms with van der Waals surface area (Å²) in [6, 6.07) is 4.18. The largest absolute Gasteiger partial charge is 0.515 e. The number of phenolic OH excluding ortho intramolecular Hbond substituents is 2. The van der Waals surface area contributed by atoms with E-state index in [0.29, 0.717) is 18.1 Å². The molecule has 0 aliphatic rings. The Bertz CT molecular complexity index is 733. The minimum Gasteiger partial charge on any atom is -0.515 e. The minimum atomic E-state index is -1.45. The van der Waals surface area contributed by atoms with Gasteiger partial charge in [0.1, 0.15) is 6.29 Å². The van der Waals surface area contributed by atoms with Crippen molar-refractivity contribution >= 4 is 18.2 Å². The van der Waals surface area contributed by atoms with Crippen LogP contribution in [0.3, 0.4) is 0 Å². The molecule has 4 N–H and O–H groups in total. The maximum atomic E-state index is 12.0. The zero-order valence-corrected chi connectivity index (χ0v) is 14.1. The first-order valence-corrected chi connectivity index (χ1v) is 7.69. The Balaban J connectivity index is 2.73. The lowest BCUT2D eigenvalue weighted by atomic mass is 9.89. The molecule has 0 radical (unpaired) electrons. The van der Waals surface area contributed by atoms with E-state index in [1.165, 1.54) is 25.1 Å². The van der Waals surface area contributed by atoms with Gasteiger partial charge < -0.3 is 25.2 Å². The number of aliphatic carboxylic acids is 1. The van der Waals surface area contributed by atoms with Crippen molar-refractivity contribution in [1.82, 2.24) is 0 Å². The zero-order valence-electron chi connectivity index (χ0n) is 14.1. The second kappa shape index (κ2) is 9.87. The van der Waals surface area contributed by atoms with Gasteiger partial charge in [-0.15, -0.1) is 0 Å².